The van der Waals surface area contributed by atoms with Crippen LogP contribution in [0.15, 0.2) is 66.7 Å². The Morgan fingerprint density at radius 2 is 1.67 bits per heavy atom. The molecule has 0 bridgehead atoms. The second-order valence-corrected chi connectivity index (χ2v) is 5.34. The Hall–Kier alpha value is -2.19. The fraction of sp³-hybridized carbons (Fsp3) is 0.158. The van der Waals surface area contributed by atoms with Gasteiger partial charge >= 0.3 is 0 Å². The predicted molar refractivity (Wildman–Crippen MR) is 85.8 cm³/mol. The quantitative estimate of drug-likeness (QED) is 0.758. The zero-order valence-corrected chi connectivity index (χ0v) is 11.8. The highest BCUT2D eigenvalue weighted by molar-refractivity contribution is 5.86. The second kappa shape index (κ2) is 6.06. The van der Waals surface area contributed by atoms with Crippen molar-refractivity contribution in [3.05, 3.63) is 83.7 Å². The van der Waals surface area contributed by atoms with E-state index in [-0.39, 0.29) is 11.7 Å². The van der Waals surface area contributed by atoms with E-state index in [1.807, 2.05) is 18.2 Å². The molecule has 0 aliphatic rings. The molecule has 0 saturated carbocycles. The molecule has 0 radical (unpaired) electrons. The minimum Gasteiger partial charge on any atom is -0.330 e. The summed E-state index contributed by atoms with van der Waals surface area (Å²) in [6, 6.07) is 21.4. The normalized spacial score (nSPS) is 12.5. The molecular weight excluding hydrogens is 261 g/mol. The maximum Gasteiger partial charge on any atom is 0.123 e. The van der Waals surface area contributed by atoms with Crippen LogP contribution in [0, 0.1) is 5.82 Å². The molecule has 106 valence electrons. The van der Waals surface area contributed by atoms with Crippen molar-refractivity contribution in [3.8, 4) is 0 Å². The Kier molecular flexibility index (Phi) is 3.98. The van der Waals surface area contributed by atoms with E-state index in [2.05, 4.69) is 30.3 Å². The third-order valence-electron chi connectivity index (χ3n) is 3.92. The molecule has 1 unspecified atom stereocenters. The van der Waals surface area contributed by atoms with Crippen LogP contribution in [0.5, 0.6) is 0 Å². The van der Waals surface area contributed by atoms with E-state index in [0.717, 1.165) is 12.0 Å². The molecule has 3 rings (SSSR count). The summed E-state index contributed by atoms with van der Waals surface area (Å²) < 4.78 is 13.3. The Bertz CT molecular complexity index is 746. The SMILES string of the molecule is NCC(Cc1cccc(F)c1)c1cccc2ccccc12. The van der Waals surface area contributed by atoms with Crippen molar-refractivity contribution < 1.29 is 4.39 Å². The van der Waals surface area contributed by atoms with Gasteiger partial charge in [0.05, 0.1) is 0 Å². The van der Waals surface area contributed by atoms with Gasteiger partial charge in [-0.15, -0.1) is 0 Å². The molecule has 0 aliphatic heterocycles. The molecule has 0 saturated heterocycles. The number of nitrogens with two attached hydrogens (primary N) is 1. The minimum atomic E-state index is -0.193. The molecule has 3 aromatic carbocycles. The van der Waals surface area contributed by atoms with E-state index < -0.39 is 0 Å². The molecule has 0 amide bonds. The lowest BCUT2D eigenvalue weighted by Crippen LogP contribution is -2.15. The highest BCUT2D eigenvalue weighted by Gasteiger charge is 2.13. The van der Waals surface area contributed by atoms with Crippen LogP contribution in [0.25, 0.3) is 10.8 Å². The summed E-state index contributed by atoms with van der Waals surface area (Å²) in [5, 5.41) is 2.44. The maximum atomic E-state index is 13.3. The first kappa shape index (κ1) is 13.8. The van der Waals surface area contributed by atoms with Gasteiger partial charge in [-0.1, -0.05) is 54.6 Å². The molecular formula is C19H18FN. The van der Waals surface area contributed by atoms with Gasteiger partial charge in [0.1, 0.15) is 5.82 Å². The van der Waals surface area contributed by atoms with Gasteiger partial charge < -0.3 is 5.73 Å². The standard InChI is InChI=1S/C19H18FN/c20-17-8-3-5-14(12-17)11-16(13-21)19-10-4-7-15-6-1-2-9-18(15)19/h1-10,12,16H,11,13,21H2. The monoisotopic (exact) mass is 279 g/mol. The summed E-state index contributed by atoms with van der Waals surface area (Å²) in [6.45, 7) is 0.546. The summed E-state index contributed by atoms with van der Waals surface area (Å²) in [5.74, 6) is -0.000842. The van der Waals surface area contributed by atoms with Crippen molar-refractivity contribution in [2.45, 2.75) is 12.3 Å². The van der Waals surface area contributed by atoms with Gasteiger partial charge in [0.15, 0.2) is 0 Å². The highest BCUT2D eigenvalue weighted by atomic mass is 19.1. The van der Waals surface area contributed by atoms with Crippen LogP contribution in [0.4, 0.5) is 4.39 Å². The summed E-state index contributed by atoms with van der Waals surface area (Å²) >= 11 is 0. The molecule has 2 heteroatoms. The minimum absolute atomic E-state index is 0.192. The molecule has 0 aliphatic carbocycles. The van der Waals surface area contributed by atoms with Crippen molar-refractivity contribution in [3.63, 3.8) is 0 Å². The third kappa shape index (κ3) is 2.96. The summed E-state index contributed by atoms with van der Waals surface area (Å²) in [6.07, 6.45) is 0.752. The smallest absolute Gasteiger partial charge is 0.123 e. The van der Waals surface area contributed by atoms with Gasteiger partial charge in [0.2, 0.25) is 0 Å². The van der Waals surface area contributed by atoms with Gasteiger partial charge in [0.25, 0.3) is 0 Å². The first-order chi connectivity index (χ1) is 10.3. The van der Waals surface area contributed by atoms with E-state index in [9.17, 15) is 4.39 Å². The zero-order chi connectivity index (χ0) is 14.7. The van der Waals surface area contributed by atoms with Crippen molar-refractivity contribution in [1.29, 1.82) is 0 Å². The van der Waals surface area contributed by atoms with Crippen LogP contribution in [0.1, 0.15) is 17.0 Å². The van der Waals surface area contributed by atoms with Gasteiger partial charge in [-0.2, -0.15) is 0 Å². The third-order valence-corrected chi connectivity index (χ3v) is 3.92. The van der Waals surface area contributed by atoms with Gasteiger partial charge in [-0.25, -0.2) is 4.39 Å². The Labute approximate surface area is 124 Å². The van der Waals surface area contributed by atoms with Gasteiger partial charge in [0, 0.05) is 5.92 Å². The van der Waals surface area contributed by atoms with E-state index >= 15 is 0 Å². The number of hydrogen-bond donors (Lipinski definition) is 1. The van der Waals surface area contributed by atoms with Crippen LogP contribution in [0.2, 0.25) is 0 Å². The van der Waals surface area contributed by atoms with E-state index in [1.54, 1.807) is 12.1 Å². The molecule has 0 fully saturated rings. The van der Waals surface area contributed by atoms with Crippen LogP contribution >= 0.6 is 0 Å². The van der Waals surface area contributed by atoms with E-state index in [0.29, 0.717) is 6.54 Å². The number of fused-ring (bicyclic) bond motifs is 1. The molecule has 1 atom stereocenters. The first-order valence-electron chi connectivity index (χ1n) is 7.20. The molecule has 0 spiro atoms. The average molecular weight is 279 g/mol. The average Bonchev–Trinajstić information content (AvgIpc) is 2.52. The lowest BCUT2D eigenvalue weighted by atomic mass is 9.88. The number of benzene rings is 3. The molecule has 0 heterocycles. The lowest BCUT2D eigenvalue weighted by Gasteiger charge is -2.18. The van der Waals surface area contributed by atoms with Crippen LogP contribution in [-0.4, -0.2) is 6.54 Å². The van der Waals surface area contributed by atoms with Gasteiger partial charge in [-0.05, 0) is 47.0 Å². The Balaban J connectivity index is 1.98. The van der Waals surface area contributed by atoms with Crippen LogP contribution in [0.3, 0.4) is 0 Å². The highest BCUT2D eigenvalue weighted by Crippen LogP contribution is 2.27. The summed E-state index contributed by atoms with van der Waals surface area (Å²) in [7, 11) is 0. The molecule has 0 aromatic heterocycles. The maximum absolute atomic E-state index is 13.3. The number of halogens is 1. The summed E-state index contributed by atoms with van der Waals surface area (Å²) in [5.41, 5.74) is 8.21. The van der Waals surface area contributed by atoms with Crippen LogP contribution < -0.4 is 5.73 Å². The predicted octanol–water partition coefficient (Wildman–Crippen LogP) is 4.26. The molecule has 3 aromatic rings. The largest absolute Gasteiger partial charge is 0.330 e. The molecule has 1 nitrogen and oxygen atoms in total. The van der Waals surface area contributed by atoms with E-state index in [4.69, 9.17) is 5.73 Å². The molecule has 2 N–H and O–H groups in total. The van der Waals surface area contributed by atoms with Crippen LogP contribution in [-0.2, 0) is 6.42 Å². The Morgan fingerprint density at radius 3 is 2.48 bits per heavy atom. The molecule has 21 heavy (non-hydrogen) atoms. The zero-order valence-electron chi connectivity index (χ0n) is 11.8. The topological polar surface area (TPSA) is 26.0 Å². The number of hydrogen-bond acceptors (Lipinski definition) is 1. The number of rotatable bonds is 4. The van der Waals surface area contributed by atoms with Crippen molar-refractivity contribution >= 4 is 10.8 Å². The van der Waals surface area contributed by atoms with Crippen molar-refractivity contribution in [1.82, 2.24) is 0 Å². The van der Waals surface area contributed by atoms with Crippen molar-refractivity contribution in [2.24, 2.45) is 5.73 Å². The Morgan fingerprint density at radius 1 is 0.905 bits per heavy atom. The van der Waals surface area contributed by atoms with Crippen molar-refractivity contribution in [2.75, 3.05) is 6.54 Å². The van der Waals surface area contributed by atoms with Gasteiger partial charge in [-0.3, -0.25) is 0 Å². The second-order valence-electron chi connectivity index (χ2n) is 5.34. The fourth-order valence-electron chi connectivity index (χ4n) is 2.88. The summed E-state index contributed by atoms with van der Waals surface area (Å²) in [4.78, 5) is 0. The first-order valence-corrected chi connectivity index (χ1v) is 7.20. The fourth-order valence-corrected chi connectivity index (χ4v) is 2.88. The van der Waals surface area contributed by atoms with E-state index in [1.165, 1.54) is 22.4 Å². The lowest BCUT2D eigenvalue weighted by molar-refractivity contribution is 0.621.